The number of halogens is 1. The van der Waals surface area contributed by atoms with E-state index in [0.717, 1.165) is 5.56 Å². The summed E-state index contributed by atoms with van der Waals surface area (Å²) in [6.07, 6.45) is 0. The summed E-state index contributed by atoms with van der Waals surface area (Å²) in [5.74, 6) is -0.417. The molecule has 3 aromatic rings. The number of nitrogens with one attached hydrogen (secondary N) is 1. The van der Waals surface area contributed by atoms with Gasteiger partial charge in [0.25, 0.3) is 5.91 Å². The Morgan fingerprint density at radius 2 is 1.81 bits per heavy atom. The first kappa shape index (κ1) is 18.9. The van der Waals surface area contributed by atoms with Crippen LogP contribution in [0.1, 0.15) is 44.5 Å². The number of carbonyl (C=O) groups is 2. The van der Waals surface area contributed by atoms with Gasteiger partial charge in [-0.3, -0.25) is 9.59 Å². The lowest BCUT2D eigenvalue weighted by Gasteiger charge is -2.07. The monoisotopic (exact) mass is 381 g/mol. The van der Waals surface area contributed by atoms with Crippen LogP contribution < -0.4 is 5.32 Å². The Morgan fingerprint density at radius 3 is 2.48 bits per heavy atom. The maximum absolute atomic E-state index is 12.7. The number of aryl methyl sites for hydroxylation is 2. The summed E-state index contributed by atoms with van der Waals surface area (Å²) in [6.45, 7) is 5.74. The van der Waals surface area contributed by atoms with Gasteiger partial charge in [0, 0.05) is 11.3 Å². The highest BCUT2D eigenvalue weighted by Crippen LogP contribution is 2.23. The molecule has 1 aromatic heterocycles. The summed E-state index contributed by atoms with van der Waals surface area (Å²) in [7, 11) is 0. The SMILES string of the molecule is CC(=O)c1cccc(NC(=O)c2c(C)nn(Cc3ccc(C)cc3)c2Cl)c1. The van der Waals surface area contributed by atoms with Crippen LogP contribution in [0.4, 0.5) is 5.69 Å². The predicted octanol–water partition coefficient (Wildman–Crippen LogP) is 4.66. The van der Waals surface area contributed by atoms with E-state index < -0.39 is 0 Å². The first-order valence-corrected chi connectivity index (χ1v) is 8.93. The van der Waals surface area contributed by atoms with Crippen LogP contribution in [0.2, 0.25) is 5.15 Å². The zero-order chi connectivity index (χ0) is 19.6. The average molecular weight is 382 g/mol. The van der Waals surface area contributed by atoms with Crippen LogP contribution in [0.25, 0.3) is 0 Å². The van der Waals surface area contributed by atoms with Gasteiger partial charge in [-0.15, -0.1) is 0 Å². The predicted molar refractivity (Wildman–Crippen MR) is 107 cm³/mol. The van der Waals surface area contributed by atoms with Crippen LogP contribution in [0.15, 0.2) is 48.5 Å². The summed E-state index contributed by atoms with van der Waals surface area (Å²) < 4.78 is 1.61. The van der Waals surface area contributed by atoms with Gasteiger partial charge in [0.2, 0.25) is 0 Å². The molecule has 0 bridgehead atoms. The molecule has 1 N–H and O–H groups in total. The average Bonchev–Trinajstić information content (AvgIpc) is 2.90. The van der Waals surface area contributed by atoms with Crippen LogP contribution in [0.5, 0.6) is 0 Å². The molecular formula is C21H20ClN3O2. The number of nitrogens with zero attached hydrogens (tertiary/aromatic N) is 2. The van der Waals surface area contributed by atoms with Crippen molar-refractivity contribution in [2.45, 2.75) is 27.3 Å². The molecular weight excluding hydrogens is 362 g/mol. The Morgan fingerprint density at radius 1 is 1.11 bits per heavy atom. The minimum atomic E-state index is -0.353. The van der Waals surface area contributed by atoms with Crippen molar-refractivity contribution >= 4 is 29.0 Å². The van der Waals surface area contributed by atoms with Crippen molar-refractivity contribution < 1.29 is 9.59 Å². The molecule has 0 aliphatic carbocycles. The number of carbonyl (C=O) groups excluding carboxylic acids is 2. The first-order chi connectivity index (χ1) is 12.8. The van der Waals surface area contributed by atoms with E-state index in [0.29, 0.717) is 29.1 Å². The van der Waals surface area contributed by atoms with Crippen molar-refractivity contribution in [3.63, 3.8) is 0 Å². The van der Waals surface area contributed by atoms with Gasteiger partial charge >= 0.3 is 0 Å². The van der Waals surface area contributed by atoms with Crippen molar-refractivity contribution in [2.75, 3.05) is 5.32 Å². The Bertz CT molecular complexity index is 1010. The molecule has 0 radical (unpaired) electrons. The van der Waals surface area contributed by atoms with Crippen molar-refractivity contribution in [3.8, 4) is 0 Å². The molecule has 0 spiro atoms. The standard InChI is InChI=1S/C21H20ClN3O2/c1-13-7-9-16(10-8-13)12-25-20(22)19(14(2)24-25)21(27)23-18-6-4-5-17(11-18)15(3)26/h4-11H,12H2,1-3H3,(H,23,27). The number of hydrogen-bond acceptors (Lipinski definition) is 3. The number of Topliss-reactive ketones (excluding diaryl/α,β-unsaturated/α-hetero) is 1. The number of hydrogen-bond donors (Lipinski definition) is 1. The second-order valence-corrected chi connectivity index (χ2v) is 6.84. The second-order valence-electron chi connectivity index (χ2n) is 6.49. The molecule has 138 valence electrons. The minimum Gasteiger partial charge on any atom is -0.322 e. The first-order valence-electron chi connectivity index (χ1n) is 8.56. The largest absolute Gasteiger partial charge is 0.322 e. The van der Waals surface area contributed by atoms with Crippen LogP contribution in [-0.2, 0) is 6.54 Å². The lowest BCUT2D eigenvalue weighted by Crippen LogP contribution is -2.13. The Kier molecular flexibility index (Phi) is 5.42. The Hall–Kier alpha value is -2.92. The fourth-order valence-electron chi connectivity index (χ4n) is 2.79. The van der Waals surface area contributed by atoms with Crippen LogP contribution >= 0.6 is 11.6 Å². The van der Waals surface area contributed by atoms with E-state index in [1.54, 1.807) is 35.9 Å². The van der Waals surface area contributed by atoms with E-state index in [-0.39, 0.29) is 16.8 Å². The molecule has 5 nitrogen and oxygen atoms in total. The summed E-state index contributed by atoms with van der Waals surface area (Å²) in [5, 5.41) is 7.48. The third-order valence-electron chi connectivity index (χ3n) is 4.27. The van der Waals surface area contributed by atoms with Gasteiger partial charge in [0.05, 0.1) is 17.8 Å². The van der Waals surface area contributed by atoms with Gasteiger partial charge in [0.1, 0.15) is 5.15 Å². The lowest BCUT2D eigenvalue weighted by molar-refractivity contribution is 0.101. The van der Waals surface area contributed by atoms with E-state index in [4.69, 9.17) is 11.6 Å². The van der Waals surface area contributed by atoms with Crippen molar-refractivity contribution in [2.24, 2.45) is 0 Å². The van der Waals surface area contributed by atoms with E-state index in [2.05, 4.69) is 10.4 Å². The molecule has 0 atom stereocenters. The summed E-state index contributed by atoms with van der Waals surface area (Å²) in [5.41, 5.74) is 4.17. The minimum absolute atomic E-state index is 0.0637. The number of aromatic nitrogens is 2. The van der Waals surface area contributed by atoms with E-state index in [1.165, 1.54) is 12.5 Å². The second kappa shape index (κ2) is 7.76. The fourth-order valence-corrected chi connectivity index (χ4v) is 3.11. The molecule has 1 heterocycles. The van der Waals surface area contributed by atoms with Crippen LogP contribution in [0.3, 0.4) is 0 Å². The lowest BCUT2D eigenvalue weighted by atomic mass is 10.1. The molecule has 0 aliphatic heterocycles. The van der Waals surface area contributed by atoms with Gasteiger partial charge in [0.15, 0.2) is 5.78 Å². The summed E-state index contributed by atoms with van der Waals surface area (Å²) >= 11 is 6.44. The molecule has 0 saturated carbocycles. The Labute approximate surface area is 163 Å². The molecule has 3 rings (SSSR count). The highest BCUT2D eigenvalue weighted by atomic mass is 35.5. The summed E-state index contributed by atoms with van der Waals surface area (Å²) in [6, 6.07) is 14.9. The molecule has 27 heavy (non-hydrogen) atoms. The zero-order valence-corrected chi connectivity index (χ0v) is 16.2. The number of rotatable bonds is 5. The van der Waals surface area contributed by atoms with Crippen molar-refractivity contribution in [1.82, 2.24) is 9.78 Å². The molecule has 2 aromatic carbocycles. The van der Waals surface area contributed by atoms with Gasteiger partial charge in [-0.1, -0.05) is 53.6 Å². The summed E-state index contributed by atoms with van der Waals surface area (Å²) in [4.78, 5) is 24.2. The smallest absolute Gasteiger partial charge is 0.260 e. The number of benzene rings is 2. The van der Waals surface area contributed by atoms with Crippen LogP contribution in [-0.4, -0.2) is 21.5 Å². The van der Waals surface area contributed by atoms with Gasteiger partial charge in [-0.25, -0.2) is 4.68 Å². The number of ketones is 1. The van der Waals surface area contributed by atoms with Crippen molar-refractivity contribution in [3.05, 3.63) is 81.6 Å². The zero-order valence-electron chi connectivity index (χ0n) is 15.4. The molecule has 0 fully saturated rings. The van der Waals surface area contributed by atoms with Crippen molar-refractivity contribution in [1.29, 1.82) is 0 Å². The topological polar surface area (TPSA) is 64.0 Å². The molecule has 6 heteroatoms. The van der Waals surface area contributed by atoms with Gasteiger partial charge in [-0.05, 0) is 38.5 Å². The highest BCUT2D eigenvalue weighted by Gasteiger charge is 2.20. The Balaban J connectivity index is 1.83. The molecule has 0 aliphatic rings. The van der Waals surface area contributed by atoms with E-state index in [1.807, 2.05) is 31.2 Å². The third kappa shape index (κ3) is 4.26. The maximum atomic E-state index is 12.7. The highest BCUT2D eigenvalue weighted by molar-refractivity contribution is 6.33. The fraction of sp³-hybridized carbons (Fsp3) is 0.190. The molecule has 1 amide bonds. The quantitative estimate of drug-likeness (QED) is 0.654. The van der Waals surface area contributed by atoms with Gasteiger partial charge in [-0.2, -0.15) is 5.10 Å². The van der Waals surface area contributed by atoms with E-state index >= 15 is 0 Å². The number of anilines is 1. The van der Waals surface area contributed by atoms with E-state index in [9.17, 15) is 9.59 Å². The molecule has 0 unspecified atom stereocenters. The van der Waals surface area contributed by atoms with Crippen LogP contribution in [0, 0.1) is 13.8 Å². The van der Waals surface area contributed by atoms with Gasteiger partial charge < -0.3 is 5.32 Å². The maximum Gasteiger partial charge on any atom is 0.260 e. The normalized spacial score (nSPS) is 10.7. The molecule has 0 saturated heterocycles. The number of amides is 1. The third-order valence-corrected chi connectivity index (χ3v) is 4.66.